The Morgan fingerprint density at radius 1 is 1.37 bits per heavy atom. The Labute approximate surface area is 110 Å². The maximum atomic E-state index is 12.4. The van der Waals surface area contributed by atoms with Crippen LogP contribution in [-0.4, -0.2) is 47.2 Å². The molecule has 1 fully saturated rings. The van der Waals surface area contributed by atoms with Crippen molar-refractivity contribution in [2.75, 3.05) is 25.2 Å². The van der Waals surface area contributed by atoms with E-state index in [9.17, 15) is 9.59 Å². The first-order chi connectivity index (χ1) is 9.18. The quantitative estimate of drug-likeness (QED) is 0.792. The largest absolute Gasteiger partial charge is 0.381 e. The van der Waals surface area contributed by atoms with Crippen molar-refractivity contribution in [1.29, 1.82) is 0 Å². The van der Waals surface area contributed by atoms with Crippen LogP contribution in [0, 0.1) is 0 Å². The SMILES string of the molecule is CN1C(=O)N(C2CCOCC2)Cc2c1nc[nH]c2=O. The molecule has 7 nitrogen and oxygen atoms in total. The van der Waals surface area contributed by atoms with Gasteiger partial charge in [0.25, 0.3) is 5.56 Å². The van der Waals surface area contributed by atoms with Gasteiger partial charge in [-0.15, -0.1) is 0 Å². The van der Waals surface area contributed by atoms with Gasteiger partial charge in [0.15, 0.2) is 0 Å². The molecule has 2 amide bonds. The highest BCUT2D eigenvalue weighted by molar-refractivity contribution is 5.93. The number of amides is 2. The first-order valence-corrected chi connectivity index (χ1v) is 6.37. The molecule has 2 aliphatic rings. The summed E-state index contributed by atoms with van der Waals surface area (Å²) in [5, 5.41) is 0. The number of urea groups is 1. The van der Waals surface area contributed by atoms with Gasteiger partial charge in [-0.05, 0) is 12.8 Å². The Hall–Kier alpha value is -1.89. The molecule has 1 saturated heterocycles. The van der Waals surface area contributed by atoms with Crippen molar-refractivity contribution in [2.45, 2.75) is 25.4 Å². The van der Waals surface area contributed by atoms with Crippen molar-refractivity contribution in [3.8, 4) is 0 Å². The van der Waals surface area contributed by atoms with Gasteiger partial charge in [-0.1, -0.05) is 0 Å². The van der Waals surface area contributed by atoms with Gasteiger partial charge in [-0.25, -0.2) is 9.78 Å². The van der Waals surface area contributed by atoms with Gasteiger partial charge in [0.1, 0.15) is 5.82 Å². The minimum Gasteiger partial charge on any atom is -0.381 e. The van der Waals surface area contributed by atoms with E-state index in [4.69, 9.17) is 4.74 Å². The minimum atomic E-state index is -0.179. The lowest BCUT2D eigenvalue weighted by Crippen LogP contribution is -2.53. The van der Waals surface area contributed by atoms with E-state index in [0.29, 0.717) is 31.1 Å². The number of hydrogen-bond donors (Lipinski definition) is 1. The van der Waals surface area contributed by atoms with Crippen LogP contribution in [0.15, 0.2) is 11.1 Å². The minimum absolute atomic E-state index is 0.0995. The molecular formula is C12H16N4O3. The van der Waals surface area contributed by atoms with Gasteiger partial charge in [-0.3, -0.25) is 9.69 Å². The fraction of sp³-hybridized carbons (Fsp3) is 0.583. The summed E-state index contributed by atoms with van der Waals surface area (Å²) in [6.45, 7) is 1.65. The Kier molecular flexibility index (Phi) is 2.98. The molecule has 3 rings (SSSR count). The maximum absolute atomic E-state index is 12.4. The molecule has 0 aromatic carbocycles. The normalized spacial score (nSPS) is 20.6. The van der Waals surface area contributed by atoms with Crippen molar-refractivity contribution in [1.82, 2.24) is 14.9 Å². The highest BCUT2D eigenvalue weighted by Gasteiger charge is 2.35. The van der Waals surface area contributed by atoms with E-state index in [0.717, 1.165) is 12.8 Å². The average Bonchev–Trinajstić information content (AvgIpc) is 2.44. The number of aromatic amines is 1. The predicted octanol–water partition coefficient (Wildman–Crippen LogP) is 0.321. The van der Waals surface area contributed by atoms with E-state index in [1.807, 2.05) is 0 Å². The van der Waals surface area contributed by atoms with Gasteiger partial charge < -0.3 is 14.6 Å². The summed E-state index contributed by atoms with van der Waals surface area (Å²) in [6.07, 6.45) is 2.95. The number of hydrogen-bond acceptors (Lipinski definition) is 4. The third-order valence-corrected chi connectivity index (χ3v) is 3.74. The first-order valence-electron chi connectivity index (χ1n) is 6.37. The van der Waals surface area contributed by atoms with Crippen LogP contribution in [0.1, 0.15) is 18.4 Å². The molecule has 19 heavy (non-hydrogen) atoms. The summed E-state index contributed by atoms with van der Waals surface area (Å²) < 4.78 is 5.31. The van der Waals surface area contributed by atoms with Gasteiger partial charge in [0.2, 0.25) is 0 Å². The van der Waals surface area contributed by atoms with Gasteiger partial charge in [0, 0.05) is 26.3 Å². The number of ether oxygens (including phenoxy) is 1. The highest BCUT2D eigenvalue weighted by atomic mass is 16.5. The number of carbonyl (C=O) groups excluding carboxylic acids is 1. The van der Waals surface area contributed by atoms with Crippen LogP contribution in [0.4, 0.5) is 10.6 Å². The summed E-state index contributed by atoms with van der Waals surface area (Å²) in [5.41, 5.74) is 0.373. The molecule has 1 N–H and O–H groups in total. The van der Waals surface area contributed by atoms with Crippen molar-refractivity contribution >= 4 is 11.8 Å². The van der Waals surface area contributed by atoms with E-state index in [2.05, 4.69) is 9.97 Å². The zero-order valence-electron chi connectivity index (χ0n) is 10.8. The molecule has 0 bridgehead atoms. The van der Waals surface area contributed by atoms with Crippen LogP contribution in [-0.2, 0) is 11.3 Å². The van der Waals surface area contributed by atoms with Crippen molar-refractivity contribution < 1.29 is 9.53 Å². The monoisotopic (exact) mass is 264 g/mol. The predicted molar refractivity (Wildman–Crippen MR) is 68.0 cm³/mol. The smallest absolute Gasteiger partial charge is 0.325 e. The molecule has 0 unspecified atom stereocenters. The molecule has 0 spiro atoms. The fourth-order valence-electron chi connectivity index (χ4n) is 2.65. The first kappa shape index (κ1) is 12.2. The summed E-state index contributed by atoms with van der Waals surface area (Å²) in [7, 11) is 1.65. The Morgan fingerprint density at radius 2 is 2.11 bits per heavy atom. The van der Waals surface area contributed by atoms with Crippen LogP contribution in [0.5, 0.6) is 0 Å². The number of rotatable bonds is 1. The summed E-state index contributed by atoms with van der Waals surface area (Å²) >= 11 is 0. The molecule has 7 heteroatoms. The third kappa shape index (κ3) is 1.99. The van der Waals surface area contributed by atoms with E-state index >= 15 is 0 Å². The summed E-state index contributed by atoms with van der Waals surface area (Å²) in [5.74, 6) is 0.456. The number of nitrogens with one attached hydrogen (secondary N) is 1. The summed E-state index contributed by atoms with van der Waals surface area (Å²) in [4.78, 5) is 34.1. The van der Waals surface area contributed by atoms with Crippen molar-refractivity contribution in [3.63, 3.8) is 0 Å². The molecule has 0 aliphatic carbocycles. The Balaban J connectivity index is 1.95. The van der Waals surface area contributed by atoms with Crippen molar-refractivity contribution in [3.05, 3.63) is 22.2 Å². The summed E-state index contributed by atoms with van der Waals surface area (Å²) in [6, 6.07) is 0.0361. The molecular weight excluding hydrogens is 248 g/mol. The van der Waals surface area contributed by atoms with Gasteiger partial charge >= 0.3 is 6.03 Å². The number of anilines is 1. The number of carbonyl (C=O) groups is 1. The molecule has 1 aromatic rings. The van der Waals surface area contributed by atoms with Crippen LogP contribution in [0.25, 0.3) is 0 Å². The number of nitrogens with zero attached hydrogens (tertiary/aromatic N) is 3. The molecule has 0 saturated carbocycles. The molecule has 1 aromatic heterocycles. The van der Waals surface area contributed by atoms with Crippen LogP contribution in [0.3, 0.4) is 0 Å². The maximum Gasteiger partial charge on any atom is 0.325 e. The fourth-order valence-corrected chi connectivity index (χ4v) is 2.65. The molecule has 0 atom stereocenters. The lowest BCUT2D eigenvalue weighted by Gasteiger charge is -2.39. The number of H-pyrrole nitrogens is 1. The van der Waals surface area contributed by atoms with E-state index in [1.54, 1.807) is 11.9 Å². The molecule has 0 radical (unpaired) electrons. The third-order valence-electron chi connectivity index (χ3n) is 3.74. The highest BCUT2D eigenvalue weighted by Crippen LogP contribution is 2.26. The molecule has 102 valence electrons. The molecule has 3 heterocycles. The van der Waals surface area contributed by atoms with Crippen LogP contribution < -0.4 is 10.5 Å². The van der Waals surface area contributed by atoms with Gasteiger partial charge in [0.05, 0.1) is 18.4 Å². The standard InChI is InChI=1S/C12H16N4O3/c1-15-10-9(11(17)14-7-13-10)6-16(12(15)18)8-2-4-19-5-3-8/h7-8H,2-6H2,1H3,(H,13,14,17). The van der Waals surface area contributed by atoms with E-state index in [-0.39, 0.29) is 17.6 Å². The lowest BCUT2D eigenvalue weighted by molar-refractivity contribution is 0.0439. The number of aromatic nitrogens is 2. The molecule has 2 aliphatic heterocycles. The lowest BCUT2D eigenvalue weighted by atomic mass is 10.1. The Morgan fingerprint density at radius 3 is 2.84 bits per heavy atom. The topological polar surface area (TPSA) is 78.5 Å². The number of fused-ring (bicyclic) bond motifs is 1. The van der Waals surface area contributed by atoms with E-state index < -0.39 is 0 Å². The van der Waals surface area contributed by atoms with Gasteiger partial charge in [-0.2, -0.15) is 0 Å². The van der Waals surface area contributed by atoms with E-state index in [1.165, 1.54) is 11.2 Å². The zero-order valence-corrected chi connectivity index (χ0v) is 10.8. The van der Waals surface area contributed by atoms with Crippen LogP contribution in [0.2, 0.25) is 0 Å². The second kappa shape index (κ2) is 4.65. The van der Waals surface area contributed by atoms with Crippen molar-refractivity contribution in [2.24, 2.45) is 0 Å². The van der Waals surface area contributed by atoms with Crippen LogP contribution >= 0.6 is 0 Å². The zero-order chi connectivity index (χ0) is 13.4. The second-order valence-corrected chi connectivity index (χ2v) is 4.85. The Bertz CT molecular complexity index is 550. The average molecular weight is 264 g/mol. The second-order valence-electron chi connectivity index (χ2n) is 4.85.